The smallest absolute Gasteiger partial charge is 0.141 e. The normalized spacial score (nSPS) is 18.1. The molecule has 1 aromatic carbocycles. The molecule has 0 radical (unpaired) electrons. The Labute approximate surface area is 103 Å². The number of benzene rings is 1. The van der Waals surface area contributed by atoms with E-state index in [1.54, 1.807) is 0 Å². The van der Waals surface area contributed by atoms with Crippen molar-refractivity contribution in [3.63, 3.8) is 0 Å². The molecule has 15 heavy (non-hydrogen) atoms. The fourth-order valence-electron chi connectivity index (χ4n) is 1.52. The second-order valence-electron chi connectivity index (χ2n) is 3.35. The van der Waals surface area contributed by atoms with Crippen LogP contribution in [-0.4, -0.2) is 6.10 Å². The molecule has 0 saturated carbocycles. The Morgan fingerprint density at radius 2 is 2.33 bits per heavy atom. The highest BCUT2D eigenvalue weighted by Gasteiger charge is 2.16. The van der Waals surface area contributed by atoms with Crippen molar-refractivity contribution in [2.24, 2.45) is 0 Å². The van der Waals surface area contributed by atoms with Gasteiger partial charge in [0.2, 0.25) is 0 Å². The van der Waals surface area contributed by atoms with Gasteiger partial charge in [0, 0.05) is 17.0 Å². The summed E-state index contributed by atoms with van der Waals surface area (Å²) in [6.07, 6.45) is 6.79. The first-order valence-corrected chi connectivity index (χ1v) is 5.82. The number of hydrogen-bond acceptors (Lipinski definition) is 1. The van der Waals surface area contributed by atoms with Crippen molar-refractivity contribution in [1.29, 1.82) is 0 Å². The molecule has 1 aliphatic heterocycles. The summed E-state index contributed by atoms with van der Waals surface area (Å²) >= 11 is 9.39. The van der Waals surface area contributed by atoms with E-state index in [9.17, 15) is 0 Å². The zero-order valence-electron chi connectivity index (χ0n) is 8.04. The number of ether oxygens (including phenoxy) is 1. The van der Waals surface area contributed by atoms with Crippen molar-refractivity contribution in [2.45, 2.75) is 12.5 Å². The Morgan fingerprint density at radius 3 is 3.07 bits per heavy atom. The van der Waals surface area contributed by atoms with E-state index in [2.05, 4.69) is 22.5 Å². The summed E-state index contributed by atoms with van der Waals surface area (Å²) in [7, 11) is 0. The van der Waals surface area contributed by atoms with E-state index in [-0.39, 0.29) is 6.10 Å². The number of hydrogen-bond donors (Lipinski definition) is 0. The molecule has 0 N–H and O–H groups in total. The maximum atomic E-state index is 5.94. The van der Waals surface area contributed by atoms with Gasteiger partial charge in [-0.15, -0.1) is 6.58 Å². The van der Waals surface area contributed by atoms with E-state index in [1.165, 1.54) is 0 Å². The standard InChI is InChI=1S/C12H10BrClO/c1-2-3-10-5-4-8-6-9(14)7-11(13)12(8)15-10/h2,4-7,10H,1,3H2. The van der Waals surface area contributed by atoms with Crippen molar-refractivity contribution in [1.82, 2.24) is 0 Å². The van der Waals surface area contributed by atoms with Crippen LogP contribution in [0.15, 0.2) is 35.3 Å². The van der Waals surface area contributed by atoms with Gasteiger partial charge >= 0.3 is 0 Å². The minimum absolute atomic E-state index is 0.0764. The van der Waals surface area contributed by atoms with Gasteiger partial charge in [-0.05, 0) is 34.1 Å². The van der Waals surface area contributed by atoms with Gasteiger partial charge in [0.25, 0.3) is 0 Å². The topological polar surface area (TPSA) is 9.23 Å². The van der Waals surface area contributed by atoms with Gasteiger partial charge in [-0.25, -0.2) is 0 Å². The summed E-state index contributed by atoms with van der Waals surface area (Å²) in [5.74, 6) is 0.855. The minimum Gasteiger partial charge on any atom is -0.484 e. The van der Waals surface area contributed by atoms with Crippen molar-refractivity contribution >= 4 is 33.6 Å². The van der Waals surface area contributed by atoms with E-state index in [4.69, 9.17) is 16.3 Å². The van der Waals surface area contributed by atoms with Crippen LogP contribution in [0.1, 0.15) is 12.0 Å². The molecule has 1 aromatic rings. The Kier molecular flexibility index (Phi) is 3.17. The van der Waals surface area contributed by atoms with Gasteiger partial charge in [0.1, 0.15) is 11.9 Å². The quantitative estimate of drug-likeness (QED) is 0.729. The molecule has 1 aliphatic rings. The van der Waals surface area contributed by atoms with Gasteiger partial charge in [-0.3, -0.25) is 0 Å². The Morgan fingerprint density at radius 1 is 1.53 bits per heavy atom. The molecule has 1 heterocycles. The molecule has 0 saturated heterocycles. The zero-order valence-corrected chi connectivity index (χ0v) is 10.4. The molecular formula is C12H10BrClO. The highest BCUT2D eigenvalue weighted by molar-refractivity contribution is 9.10. The minimum atomic E-state index is 0.0764. The van der Waals surface area contributed by atoms with E-state index < -0.39 is 0 Å². The largest absolute Gasteiger partial charge is 0.484 e. The average molecular weight is 286 g/mol. The second-order valence-corrected chi connectivity index (χ2v) is 4.64. The van der Waals surface area contributed by atoms with Crippen LogP contribution >= 0.6 is 27.5 Å². The molecule has 0 aliphatic carbocycles. The number of halogens is 2. The maximum absolute atomic E-state index is 5.94. The molecule has 1 unspecified atom stereocenters. The molecular weight excluding hydrogens is 275 g/mol. The first-order chi connectivity index (χ1) is 7.20. The number of fused-ring (bicyclic) bond motifs is 1. The van der Waals surface area contributed by atoms with Gasteiger partial charge in [0.05, 0.1) is 4.47 Å². The molecule has 0 aromatic heterocycles. The van der Waals surface area contributed by atoms with Crippen LogP contribution in [0.5, 0.6) is 5.75 Å². The highest BCUT2D eigenvalue weighted by Crippen LogP contribution is 2.36. The van der Waals surface area contributed by atoms with Crippen LogP contribution in [0.2, 0.25) is 5.02 Å². The van der Waals surface area contributed by atoms with Gasteiger partial charge in [0.15, 0.2) is 0 Å². The molecule has 0 fully saturated rings. The van der Waals surface area contributed by atoms with E-state index >= 15 is 0 Å². The van der Waals surface area contributed by atoms with Crippen LogP contribution in [-0.2, 0) is 0 Å². The highest BCUT2D eigenvalue weighted by atomic mass is 79.9. The fraction of sp³-hybridized carbons (Fsp3) is 0.167. The first-order valence-electron chi connectivity index (χ1n) is 4.65. The Balaban J connectivity index is 2.36. The third-order valence-corrected chi connectivity index (χ3v) is 3.00. The predicted molar refractivity (Wildman–Crippen MR) is 67.4 cm³/mol. The van der Waals surface area contributed by atoms with Crippen LogP contribution in [0.25, 0.3) is 6.08 Å². The summed E-state index contributed by atoms with van der Waals surface area (Å²) in [6, 6.07) is 3.73. The third-order valence-electron chi connectivity index (χ3n) is 2.20. The average Bonchev–Trinajstić information content (AvgIpc) is 2.19. The maximum Gasteiger partial charge on any atom is 0.141 e. The monoisotopic (exact) mass is 284 g/mol. The molecule has 0 spiro atoms. The second kappa shape index (κ2) is 4.42. The van der Waals surface area contributed by atoms with Crippen molar-refractivity contribution < 1.29 is 4.74 Å². The van der Waals surface area contributed by atoms with Crippen molar-refractivity contribution in [2.75, 3.05) is 0 Å². The van der Waals surface area contributed by atoms with Crippen molar-refractivity contribution in [3.05, 3.63) is 45.9 Å². The van der Waals surface area contributed by atoms with Gasteiger partial charge in [-0.1, -0.05) is 23.8 Å². The van der Waals surface area contributed by atoms with E-state index in [0.717, 1.165) is 22.2 Å². The molecule has 1 atom stereocenters. The summed E-state index contributed by atoms with van der Waals surface area (Å²) in [5.41, 5.74) is 1.01. The predicted octanol–water partition coefficient (Wildman–Crippen LogP) is 4.45. The molecule has 2 rings (SSSR count). The van der Waals surface area contributed by atoms with Gasteiger partial charge < -0.3 is 4.74 Å². The fourth-order valence-corrected chi connectivity index (χ4v) is 2.45. The van der Waals surface area contributed by atoms with E-state index in [0.29, 0.717) is 5.02 Å². The number of rotatable bonds is 2. The molecule has 0 amide bonds. The Bertz CT molecular complexity index is 426. The molecule has 78 valence electrons. The summed E-state index contributed by atoms with van der Waals surface area (Å²) < 4.78 is 6.69. The lowest BCUT2D eigenvalue weighted by Gasteiger charge is -2.21. The summed E-state index contributed by atoms with van der Waals surface area (Å²) in [4.78, 5) is 0. The van der Waals surface area contributed by atoms with Crippen LogP contribution < -0.4 is 4.74 Å². The van der Waals surface area contributed by atoms with Crippen LogP contribution in [0.4, 0.5) is 0 Å². The van der Waals surface area contributed by atoms with Crippen LogP contribution in [0.3, 0.4) is 0 Å². The summed E-state index contributed by atoms with van der Waals surface area (Å²) in [5, 5.41) is 0.705. The van der Waals surface area contributed by atoms with Crippen LogP contribution in [0, 0.1) is 0 Å². The Hall–Kier alpha value is -0.730. The van der Waals surface area contributed by atoms with Crippen molar-refractivity contribution in [3.8, 4) is 5.75 Å². The molecule has 0 bridgehead atoms. The lowest BCUT2D eigenvalue weighted by Crippen LogP contribution is -2.16. The lowest BCUT2D eigenvalue weighted by atomic mass is 10.1. The molecule has 1 nitrogen and oxygen atoms in total. The lowest BCUT2D eigenvalue weighted by molar-refractivity contribution is 0.248. The first kappa shape index (κ1) is 10.8. The zero-order chi connectivity index (χ0) is 10.8. The van der Waals surface area contributed by atoms with E-state index in [1.807, 2.05) is 30.4 Å². The molecule has 3 heteroatoms. The van der Waals surface area contributed by atoms with Gasteiger partial charge in [-0.2, -0.15) is 0 Å². The third kappa shape index (κ3) is 2.27. The summed E-state index contributed by atoms with van der Waals surface area (Å²) in [6.45, 7) is 3.70. The SMILES string of the molecule is C=CCC1C=Cc2cc(Cl)cc(Br)c2O1.